The monoisotopic (exact) mass is 471 g/mol. The molecule has 4 rings (SSSR count). The molecule has 3 aromatic rings. The van der Waals surface area contributed by atoms with Gasteiger partial charge in [0, 0.05) is 47.4 Å². The maximum atomic E-state index is 13.4. The molecule has 0 bridgehead atoms. The summed E-state index contributed by atoms with van der Waals surface area (Å²) in [6.07, 6.45) is 10.9. The van der Waals surface area contributed by atoms with Gasteiger partial charge < -0.3 is 20.3 Å². The van der Waals surface area contributed by atoms with E-state index in [2.05, 4.69) is 16.6 Å². The molecule has 180 valence electrons. The molecular weight excluding hydrogens is 442 g/mol. The number of fused-ring (bicyclic) bond motifs is 1. The van der Waals surface area contributed by atoms with Gasteiger partial charge in [-0.1, -0.05) is 18.1 Å². The maximum absolute atomic E-state index is 13.4. The van der Waals surface area contributed by atoms with Gasteiger partial charge in [-0.25, -0.2) is 0 Å². The van der Waals surface area contributed by atoms with E-state index in [0.29, 0.717) is 35.6 Å². The molecule has 7 heteroatoms. The zero-order valence-corrected chi connectivity index (χ0v) is 19.9. The number of hydrogen-bond donors (Lipinski definition) is 3. The van der Waals surface area contributed by atoms with E-state index in [1.54, 1.807) is 19.2 Å². The molecule has 7 nitrogen and oxygen atoms in total. The van der Waals surface area contributed by atoms with Crippen LogP contribution in [0, 0.1) is 12.3 Å². The lowest BCUT2D eigenvalue weighted by Crippen LogP contribution is -2.24. The van der Waals surface area contributed by atoms with Crippen LogP contribution in [0.1, 0.15) is 71.6 Å². The number of aliphatic carboxylic acids is 1. The number of rotatable bonds is 9. The molecule has 1 atom stereocenters. The maximum Gasteiger partial charge on any atom is 0.303 e. The molecule has 35 heavy (non-hydrogen) atoms. The van der Waals surface area contributed by atoms with Crippen molar-refractivity contribution in [3.05, 3.63) is 64.8 Å². The van der Waals surface area contributed by atoms with Crippen LogP contribution in [0.25, 0.3) is 10.9 Å². The lowest BCUT2D eigenvalue weighted by molar-refractivity contribution is -0.137. The molecule has 0 spiro atoms. The van der Waals surface area contributed by atoms with Crippen molar-refractivity contribution in [3.8, 4) is 12.3 Å². The highest BCUT2D eigenvalue weighted by Gasteiger charge is 2.29. The van der Waals surface area contributed by atoms with Gasteiger partial charge in [-0.2, -0.15) is 0 Å². The third-order valence-electron chi connectivity index (χ3n) is 6.54. The lowest BCUT2D eigenvalue weighted by Gasteiger charge is -2.18. The van der Waals surface area contributed by atoms with Crippen LogP contribution in [0.5, 0.6) is 0 Å². The summed E-state index contributed by atoms with van der Waals surface area (Å²) >= 11 is 0. The molecule has 2 aromatic carbocycles. The highest BCUT2D eigenvalue weighted by atomic mass is 16.4. The van der Waals surface area contributed by atoms with Crippen molar-refractivity contribution < 1.29 is 19.5 Å². The molecular formula is C28H29N3O4. The molecule has 3 N–H and O–H groups in total. The van der Waals surface area contributed by atoms with E-state index < -0.39 is 12.0 Å². The zero-order chi connectivity index (χ0) is 25.1. The minimum atomic E-state index is -0.855. The smallest absolute Gasteiger partial charge is 0.303 e. The van der Waals surface area contributed by atoms with Crippen LogP contribution in [-0.4, -0.2) is 34.5 Å². The largest absolute Gasteiger partial charge is 0.481 e. The average molecular weight is 472 g/mol. The van der Waals surface area contributed by atoms with Crippen molar-refractivity contribution in [2.75, 3.05) is 12.4 Å². The SMILES string of the molecule is C#Cc1ccc(CCCC(=O)O)c(NC(=O)C(C)n2cc(C3CC3)c3ccc(C(=O)NC)cc32)c1. The second-order valence-corrected chi connectivity index (χ2v) is 9.01. The first-order valence-corrected chi connectivity index (χ1v) is 11.8. The van der Waals surface area contributed by atoms with Crippen LogP contribution in [-0.2, 0) is 16.0 Å². The number of carboxylic acid groups (broad SMARTS) is 1. The number of nitrogens with one attached hydrogen (secondary N) is 2. The predicted octanol–water partition coefficient (Wildman–Crippen LogP) is 4.47. The van der Waals surface area contributed by atoms with Gasteiger partial charge in [0.25, 0.3) is 5.91 Å². The summed E-state index contributed by atoms with van der Waals surface area (Å²) in [5.74, 6) is 1.81. The average Bonchev–Trinajstić information content (AvgIpc) is 3.63. The van der Waals surface area contributed by atoms with E-state index in [9.17, 15) is 14.4 Å². The van der Waals surface area contributed by atoms with Crippen molar-refractivity contribution in [2.45, 2.75) is 51.0 Å². The normalized spacial score (nSPS) is 13.7. The van der Waals surface area contributed by atoms with Crippen molar-refractivity contribution >= 4 is 34.4 Å². The summed E-state index contributed by atoms with van der Waals surface area (Å²) in [5, 5.41) is 15.7. The van der Waals surface area contributed by atoms with Crippen LogP contribution < -0.4 is 10.6 Å². The van der Waals surface area contributed by atoms with Crippen LogP contribution >= 0.6 is 0 Å². The third kappa shape index (κ3) is 5.22. The Balaban J connectivity index is 1.65. The summed E-state index contributed by atoms with van der Waals surface area (Å²) < 4.78 is 1.93. The minimum Gasteiger partial charge on any atom is -0.481 e. The molecule has 0 aliphatic heterocycles. The minimum absolute atomic E-state index is 0.0493. The second-order valence-electron chi connectivity index (χ2n) is 9.01. The predicted molar refractivity (Wildman–Crippen MR) is 136 cm³/mol. The number of carbonyl (C=O) groups is 3. The van der Waals surface area contributed by atoms with E-state index in [-0.39, 0.29) is 18.2 Å². The number of terminal acetylenes is 1. The molecule has 1 aromatic heterocycles. The molecule has 1 aliphatic carbocycles. The number of carboxylic acids is 1. The number of carbonyl (C=O) groups excluding carboxylic acids is 2. The van der Waals surface area contributed by atoms with E-state index in [0.717, 1.165) is 29.3 Å². The van der Waals surface area contributed by atoms with Crippen LogP contribution in [0.2, 0.25) is 0 Å². The summed E-state index contributed by atoms with van der Waals surface area (Å²) in [7, 11) is 1.59. The fourth-order valence-corrected chi connectivity index (χ4v) is 4.40. The van der Waals surface area contributed by atoms with Gasteiger partial charge in [-0.05, 0) is 73.9 Å². The fraction of sp³-hybridized carbons (Fsp3) is 0.321. The van der Waals surface area contributed by atoms with Gasteiger partial charge in [0.05, 0.1) is 0 Å². The lowest BCUT2D eigenvalue weighted by atomic mass is 10.0. The van der Waals surface area contributed by atoms with Gasteiger partial charge in [0.15, 0.2) is 0 Å². The molecule has 0 saturated heterocycles. The van der Waals surface area contributed by atoms with Gasteiger partial charge in [-0.3, -0.25) is 14.4 Å². The number of aromatic nitrogens is 1. The zero-order valence-electron chi connectivity index (χ0n) is 19.9. The Bertz CT molecular complexity index is 1340. The van der Waals surface area contributed by atoms with Gasteiger partial charge in [0.1, 0.15) is 6.04 Å². The van der Waals surface area contributed by atoms with Crippen LogP contribution in [0.4, 0.5) is 5.69 Å². The standard InChI is InChI=1S/C28H29N3O4/c1-4-18-8-9-20(6-5-7-26(32)33)24(14-18)30-27(34)17(2)31-16-23(19-10-11-19)22-13-12-21(15-25(22)31)28(35)29-3/h1,8-9,12-17,19H,5-7,10-11H2,2-3H3,(H,29,35)(H,30,34)(H,32,33). The topological polar surface area (TPSA) is 100 Å². The fourth-order valence-electron chi connectivity index (χ4n) is 4.40. The molecule has 1 unspecified atom stereocenters. The first kappa shape index (κ1) is 24.1. The van der Waals surface area contributed by atoms with E-state index in [1.165, 1.54) is 5.56 Å². The molecule has 1 heterocycles. The molecule has 0 radical (unpaired) electrons. The highest BCUT2D eigenvalue weighted by Crippen LogP contribution is 2.44. The van der Waals surface area contributed by atoms with Crippen LogP contribution in [0.15, 0.2) is 42.6 Å². The molecule has 2 amide bonds. The van der Waals surface area contributed by atoms with Crippen molar-refractivity contribution in [1.29, 1.82) is 0 Å². The summed E-state index contributed by atoms with van der Waals surface area (Å²) in [5.41, 5.74) is 4.64. The third-order valence-corrected chi connectivity index (χ3v) is 6.54. The number of hydrogen-bond acceptors (Lipinski definition) is 3. The van der Waals surface area contributed by atoms with Crippen LogP contribution in [0.3, 0.4) is 0 Å². The van der Waals surface area contributed by atoms with Crippen molar-refractivity contribution in [3.63, 3.8) is 0 Å². The highest BCUT2D eigenvalue weighted by molar-refractivity contribution is 6.00. The number of amides is 2. The number of aryl methyl sites for hydroxylation is 1. The number of nitrogens with zero attached hydrogens (tertiary/aromatic N) is 1. The Hall–Kier alpha value is -4.05. The summed E-state index contributed by atoms with van der Waals surface area (Å²) in [6.45, 7) is 1.83. The summed E-state index contributed by atoms with van der Waals surface area (Å²) in [4.78, 5) is 36.6. The van der Waals surface area contributed by atoms with E-state index in [1.807, 2.05) is 42.0 Å². The Morgan fingerprint density at radius 1 is 1.20 bits per heavy atom. The number of anilines is 1. The van der Waals surface area contributed by atoms with Gasteiger partial charge in [0.2, 0.25) is 5.91 Å². The second kappa shape index (κ2) is 10.1. The Morgan fingerprint density at radius 3 is 2.63 bits per heavy atom. The van der Waals surface area contributed by atoms with Crippen molar-refractivity contribution in [2.24, 2.45) is 0 Å². The van der Waals surface area contributed by atoms with Gasteiger partial charge in [-0.15, -0.1) is 6.42 Å². The Morgan fingerprint density at radius 2 is 1.97 bits per heavy atom. The van der Waals surface area contributed by atoms with E-state index >= 15 is 0 Å². The molecule has 1 fully saturated rings. The first-order chi connectivity index (χ1) is 16.8. The Kier molecular flexibility index (Phi) is 6.92. The quantitative estimate of drug-likeness (QED) is 0.401. The van der Waals surface area contributed by atoms with Gasteiger partial charge >= 0.3 is 5.97 Å². The molecule has 1 aliphatic rings. The van der Waals surface area contributed by atoms with E-state index in [4.69, 9.17) is 11.5 Å². The van der Waals surface area contributed by atoms with Crippen molar-refractivity contribution in [1.82, 2.24) is 9.88 Å². The summed E-state index contributed by atoms with van der Waals surface area (Å²) in [6, 6.07) is 10.4. The number of benzene rings is 2. The Labute approximate surface area is 204 Å². The molecule has 1 saturated carbocycles. The first-order valence-electron chi connectivity index (χ1n) is 11.8.